The van der Waals surface area contributed by atoms with Gasteiger partial charge < -0.3 is 4.74 Å². The first-order valence-corrected chi connectivity index (χ1v) is 6.27. The van der Waals surface area contributed by atoms with E-state index in [4.69, 9.17) is 16.3 Å². The van der Waals surface area contributed by atoms with Gasteiger partial charge in [0.1, 0.15) is 5.75 Å². The van der Waals surface area contributed by atoms with E-state index < -0.39 is 0 Å². The van der Waals surface area contributed by atoms with Crippen LogP contribution in [0.2, 0.25) is 0 Å². The number of hydrogen-bond acceptors (Lipinski definition) is 3. The second kappa shape index (κ2) is 5.36. The number of halogens is 1. The summed E-state index contributed by atoms with van der Waals surface area (Å²) < 4.78 is 5.75. The van der Waals surface area contributed by atoms with E-state index >= 15 is 0 Å². The molecule has 0 radical (unpaired) electrons. The van der Waals surface area contributed by atoms with Crippen LogP contribution in [-0.4, -0.2) is 9.97 Å². The molecule has 0 unspecified atom stereocenters. The zero-order chi connectivity index (χ0) is 13.1. The van der Waals surface area contributed by atoms with Gasteiger partial charge in [-0.05, 0) is 37.5 Å². The Morgan fingerprint density at radius 3 is 2.28 bits per heavy atom. The smallest absolute Gasteiger partial charge is 0.321 e. The van der Waals surface area contributed by atoms with E-state index in [2.05, 4.69) is 23.0 Å². The third-order valence-electron chi connectivity index (χ3n) is 2.90. The zero-order valence-electron chi connectivity index (χ0n) is 10.7. The number of alkyl halides is 1. The van der Waals surface area contributed by atoms with Gasteiger partial charge in [-0.25, -0.2) is 9.97 Å². The summed E-state index contributed by atoms with van der Waals surface area (Å²) >= 11 is 5.69. The Kier molecular flexibility index (Phi) is 3.82. The summed E-state index contributed by atoms with van der Waals surface area (Å²) in [6, 6.07) is 4.46. The maximum Gasteiger partial charge on any atom is 0.321 e. The molecule has 2 aromatic rings. The Morgan fingerprint density at radius 1 is 1.06 bits per heavy atom. The van der Waals surface area contributed by atoms with Gasteiger partial charge in [0.2, 0.25) is 0 Å². The fraction of sp³-hybridized carbons (Fsp3) is 0.286. The minimum atomic E-state index is 0.348. The summed E-state index contributed by atoms with van der Waals surface area (Å²) in [5.41, 5.74) is 4.25. The van der Waals surface area contributed by atoms with Crippen molar-refractivity contribution in [3.63, 3.8) is 0 Å². The van der Waals surface area contributed by atoms with E-state index in [9.17, 15) is 0 Å². The van der Waals surface area contributed by atoms with Gasteiger partial charge in [0.25, 0.3) is 0 Å². The molecule has 0 amide bonds. The SMILES string of the molecule is Cc1ccc(C)c(Oc2ncc(CCl)cn2)c1C. The molecule has 1 heterocycles. The van der Waals surface area contributed by atoms with E-state index in [1.54, 1.807) is 12.4 Å². The standard InChI is InChI=1S/C14H15ClN2O/c1-9-4-5-10(2)13(11(9)3)18-14-16-7-12(6-15)8-17-14/h4-5,7-8H,6H2,1-3H3. The second-order valence-electron chi connectivity index (χ2n) is 4.26. The van der Waals surface area contributed by atoms with Crippen LogP contribution >= 0.6 is 11.6 Å². The maximum absolute atomic E-state index is 5.75. The molecule has 2 rings (SSSR count). The van der Waals surface area contributed by atoms with Crippen molar-refractivity contribution >= 4 is 11.6 Å². The fourth-order valence-corrected chi connectivity index (χ4v) is 1.78. The lowest BCUT2D eigenvalue weighted by molar-refractivity contribution is 0.434. The summed E-state index contributed by atoms with van der Waals surface area (Å²) in [7, 11) is 0. The summed E-state index contributed by atoms with van der Waals surface area (Å²) in [5.74, 6) is 1.23. The molecule has 1 aromatic carbocycles. The number of benzene rings is 1. The van der Waals surface area contributed by atoms with Crippen LogP contribution in [0.15, 0.2) is 24.5 Å². The first kappa shape index (κ1) is 12.8. The molecular formula is C14H15ClN2O. The summed E-state index contributed by atoms with van der Waals surface area (Å²) in [6.07, 6.45) is 3.35. The van der Waals surface area contributed by atoms with Crippen molar-refractivity contribution in [2.24, 2.45) is 0 Å². The third-order valence-corrected chi connectivity index (χ3v) is 3.21. The highest BCUT2D eigenvalue weighted by Gasteiger charge is 2.09. The van der Waals surface area contributed by atoms with Gasteiger partial charge >= 0.3 is 6.01 Å². The quantitative estimate of drug-likeness (QED) is 0.786. The van der Waals surface area contributed by atoms with Crippen molar-refractivity contribution in [2.75, 3.05) is 0 Å². The van der Waals surface area contributed by atoms with Crippen LogP contribution in [0.1, 0.15) is 22.3 Å². The van der Waals surface area contributed by atoms with Gasteiger partial charge in [0.15, 0.2) is 0 Å². The molecule has 18 heavy (non-hydrogen) atoms. The predicted molar refractivity (Wildman–Crippen MR) is 72.3 cm³/mol. The van der Waals surface area contributed by atoms with E-state index in [0.717, 1.165) is 22.4 Å². The van der Waals surface area contributed by atoms with Crippen molar-refractivity contribution in [2.45, 2.75) is 26.7 Å². The molecule has 0 aliphatic rings. The minimum absolute atomic E-state index is 0.348. The lowest BCUT2D eigenvalue weighted by Gasteiger charge is -2.12. The number of rotatable bonds is 3. The van der Waals surface area contributed by atoms with Crippen molar-refractivity contribution in [1.29, 1.82) is 0 Å². The highest BCUT2D eigenvalue weighted by atomic mass is 35.5. The van der Waals surface area contributed by atoms with Crippen LogP contribution in [-0.2, 0) is 5.88 Å². The van der Waals surface area contributed by atoms with Crippen molar-refractivity contribution in [1.82, 2.24) is 9.97 Å². The number of aromatic nitrogens is 2. The van der Waals surface area contributed by atoms with Gasteiger partial charge in [-0.3, -0.25) is 0 Å². The van der Waals surface area contributed by atoms with E-state index in [1.807, 2.05) is 19.9 Å². The molecule has 0 aliphatic heterocycles. The lowest BCUT2D eigenvalue weighted by Crippen LogP contribution is -1.97. The zero-order valence-corrected chi connectivity index (χ0v) is 11.5. The van der Waals surface area contributed by atoms with Crippen LogP contribution < -0.4 is 4.74 Å². The monoisotopic (exact) mass is 262 g/mol. The predicted octanol–water partition coefficient (Wildman–Crippen LogP) is 3.93. The Hall–Kier alpha value is -1.61. The van der Waals surface area contributed by atoms with Gasteiger partial charge in [-0.15, -0.1) is 11.6 Å². The first-order chi connectivity index (χ1) is 8.61. The van der Waals surface area contributed by atoms with Crippen LogP contribution in [0.5, 0.6) is 11.8 Å². The van der Waals surface area contributed by atoms with Crippen LogP contribution in [0.3, 0.4) is 0 Å². The van der Waals surface area contributed by atoms with Gasteiger partial charge in [-0.2, -0.15) is 0 Å². The lowest BCUT2D eigenvalue weighted by atomic mass is 10.1. The van der Waals surface area contributed by atoms with E-state index in [0.29, 0.717) is 11.9 Å². The van der Waals surface area contributed by atoms with Crippen molar-refractivity contribution in [3.8, 4) is 11.8 Å². The highest BCUT2D eigenvalue weighted by molar-refractivity contribution is 6.17. The molecule has 3 nitrogen and oxygen atoms in total. The molecule has 0 N–H and O–H groups in total. The Labute approximate surface area is 112 Å². The minimum Gasteiger partial charge on any atom is -0.424 e. The highest BCUT2D eigenvalue weighted by Crippen LogP contribution is 2.28. The van der Waals surface area contributed by atoms with E-state index in [1.165, 1.54) is 5.56 Å². The Morgan fingerprint density at radius 2 is 1.67 bits per heavy atom. The van der Waals surface area contributed by atoms with Gasteiger partial charge in [-0.1, -0.05) is 12.1 Å². The average molecular weight is 263 g/mol. The molecule has 1 aromatic heterocycles. The Bertz CT molecular complexity index is 552. The summed E-state index contributed by atoms with van der Waals surface area (Å²) in [6.45, 7) is 6.10. The Balaban J connectivity index is 2.30. The van der Waals surface area contributed by atoms with Gasteiger partial charge in [0, 0.05) is 18.0 Å². The molecule has 0 aliphatic carbocycles. The molecule has 0 atom stereocenters. The average Bonchev–Trinajstić information content (AvgIpc) is 2.40. The molecular weight excluding hydrogens is 248 g/mol. The maximum atomic E-state index is 5.75. The van der Waals surface area contributed by atoms with Crippen molar-refractivity contribution in [3.05, 3.63) is 46.8 Å². The third kappa shape index (κ3) is 2.62. The topological polar surface area (TPSA) is 35.0 Å². The second-order valence-corrected chi connectivity index (χ2v) is 4.53. The normalized spacial score (nSPS) is 10.4. The molecule has 0 spiro atoms. The van der Waals surface area contributed by atoms with Gasteiger partial charge in [0.05, 0.1) is 5.88 Å². The largest absolute Gasteiger partial charge is 0.424 e. The van der Waals surface area contributed by atoms with Crippen molar-refractivity contribution < 1.29 is 4.74 Å². The molecule has 0 saturated carbocycles. The van der Waals surface area contributed by atoms with Crippen LogP contribution in [0.4, 0.5) is 0 Å². The molecule has 0 bridgehead atoms. The van der Waals surface area contributed by atoms with Crippen LogP contribution in [0.25, 0.3) is 0 Å². The van der Waals surface area contributed by atoms with Crippen LogP contribution in [0, 0.1) is 20.8 Å². The fourth-order valence-electron chi connectivity index (χ4n) is 1.64. The molecule has 0 fully saturated rings. The number of hydrogen-bond donors (Lipinski definition) is 0. The first-order valence-electron chi connectivity index (χ1n) is 5.73. The number of nitrogens with zero attached hydrogens (tertiary/aromatic N) is 2. The number of ether oxygens (including phenoxy) is 1. The molecule has 94 valence electrons. The molecule has 0 saturated heterocycles. The summed E-state index contributed by atoms with van der Waals surface area (Å²) in [5, 5.41) is 0. The number of aryl methyl sites for hydroxylation is 2. The summed E-state index contributed by atoms with van der Waals surface area (Å²) in [4.78, 5) is 8.28. The van der Waals surface area contributed by atoms with E-state index in [-0.39, 0.29) is 0 Å². The molecule has 4 heteroatoms.